The van der Waals surface area contributed by atoms with Gasteiger partial charge in [0.25, 0.3) is 0 Å². The first-order chi connectivity index (χ1) is 13.0. The van der Waals surface area contributed by atoms with Gasteiger partial charge >= 0.3 is 0 Å². The quantitative estimate of drug-likeness (QED) is 0.468. The minimum atomic E-state index is -1.74. The van der Waals surface area contributed by atoms with Crippen LogP contribution >= 0.6 is 11.6 Å². The lowest BCUT2D eigenvalue weighted by molar-refractivity contribution is 0.272. The van der Waals surface area contributed by atoms with Gasteiger partial charge < -0.3 is 8.99 Å². The molecule has 0 bridgehead atoms. The molecule has 0 aliphatic rings. The van der Waals surface area contributed by atoms with E-state index < -0.39 is 8.32 Å². The predicted octanol–water partition coefficient (Wildman–Crippen LogP) is 5.90. The molecular formula is C21H31ClN4OSi. The molecule has 3 heterocycles. The van der Waals surface area contributed by atoms with Crippen LogP contribution in [0.25, 0.3) is 16.8 Å². The number of aromatic nitrogens is 4. The Hall–Kier alpha value is -1.63. The fourth-order valence-electron chi connectivity index (χ4n) is 3.02. The molecule has 0 radical (unpaired) electrons. The van der Waals surface area contributed by atoms with Gasteiger partial charge in [0.1, 0.15) is 11.0 Å². The third-order valence-electron chi connectivity index (χ3n) is 5.89. The van der Waals surface area contributed by atoms with Gasteiger partial charge in [0, 0.05) is 43.7 Å². The van der Waals surface area contributed by atoms with Gasteiger partial charge in [0.15, 0.2) is 8.32 Å². The summed E-state index contributed by atoms with van der Waals surface area (Å²) < 4.78 is 10.5. The summed E-state index contributed by atoms with van der Waals surface area (Å²) in [4.78, 5) is 9.26. The molecule has 0 saturated heterocycles. The molecular weight excluding hydrogens is 388 g/mol. The molecule has 0 aromatic carbocycles. The summed E-state index contributed by atoms with van der Waals surface area (Å²) in [6, 6.07) is 2.08. The van der Waals surface area contributed by atoms with E-state index >= 15 is 0 Å². The summed E-state index contributed by atoms with van der Waals surface area (Å²) >= 11 is 6.19. The molecule has 3 aromatic rings. The number of aryl methyl sites for hydroxylation is 1. The van der Waals surface area contributed by atoms with Crippen molar-refractivity contribution in [1.29, 1.82) is 0 Å². The molecule has 3 aromatic heterocycles. The van der Waals surface area contributed by atoms with Crippen LogP contribution in [0.5, 0.6) is 0 Å². The van der Waals surface area contributed by atoms with Crippen molar-refractivity contribution < 1.29 is 4.43 Å². The third kappa shape index (κ3) is 4.19. The van der Waals surface area contributed by atoms with Gasteiger partial charge in [-0.3, -0.25) is 4.40 Å². The van der Waals surface area contributed by atoms with Gasteiger partial charge in [0.2, 0.25) is 0 Å². The van der Waals surface area contributed by atoms with E-state index in [1.165, 1.54) is 0 Å². The SMILES string of the molecule is C[C@@H](CCO[Si](C)(C)C(C)(C)C)c1nc(-c2ccn(C)c2)c2cnc(Cl)cn12. The molecule has 7 heteroatoms. The van der Waals surface area contributed by atoms with Crippen LogP contribution in [-0.4, -0.2) is 33.9 Å². The number of nitrogens with zero attached hydrogens (tertiary/aromatic N) is 4. The van der Waals surface area contributed by atoms with E-state index in [1.807, 2.05) is 24.0 Å². The Labute approximate surface area is 173 Å². The first-order valence-electron chi connectivity index (χ1n) is 9.79. The number of halogens is 1. The molecule has 0 fully saturated rings. The van der Waals surface area contributed by atoms with Crippen molar-refractivity contribution in [3.05, 3.63) is 41.8 Å². The molecule has 5 nitrogen and oxygen atoms in total. The van der Waals surface area contributed by atoms with Crippen molar-refractivity contribution >= 4 is 25.4 Å². The molecule has 0 saturated carbocycles. The third-order valence-corrected chi connectivity index (χ3v) is 10.6. The van der Waals surface area contributed by atoms with Crippen LogP contribution in [0.2, 0.25) is 23.3 Å². The second-order valence-corrected chi connectivity index (χ2v) is 14.3. The van der Waals surface area contributed by atoms with E-state index in [-0.39, 0.29) is 11.0 Å². The normalized spacial score (nSPS) is 14.0. The number of hydrogen-bond donors (Lipinski definition) is 0. The summed E-state index contributed by atoms with van der Waals surface area (Å²) in [5.41, 5.74) is 3.00. The Balaban J connectivity index is 1.87. The van der Waals surface area contributed by atoms with Crippen LogP contribution in [0.15, 0.2) is 30.9 Å². The molecule has 28 heavy (non-hydrogen) atoms. The number of fused-ring (bicyclic) bond motifs is 1. The van der Waals surface area contributed by atoms with E-state index in [0.717, 1.165) is 35.6 Å². The minimum absolute atomic E-state index is 0.218. The Kier molecular flexibility index (Phi) is 5.76. The Bertz CT molecular complexity index is 971. The zero-order valence-corrected chi connectivity index (χ0v) is 19.7. The Morgan fingerprint density at radius 3 is 2.57 bits per heavy atom. The molecule has 0 N–H and O–H groups in total. The fourth-order valence-corrected chi connectivity index (χ4v) is 4.23. The maximum atomic E-state index is 6.38. The monoisotopic (exact) mass is 418 g/mol. The zero-order valence-electron chi connectivity index (χ0n) is 18.0. The van der Waals surface area contributed by atoms with E-state index in [9.17, 15) is 0 Å². The summed E-state index contributed by atoms with van der Waals surface area (Å²) in [5, 5.41) is 0.686. The zero-order chi connectivity index (χ0) is 20.7. The smallest absolute Gasteiger partial charge is 0.191 e. The lowest BCUT2D eigenvalue weighted by Crippen LogP contribution is -2.41. The van der Waals surface area contributed by atoms with Crippen molar-refractivity contribution in [3.8, 4) is 11.3 Å². The highest BCUT2D eigenvalue weighted by Crippen LogP contribution is 2.37. The molecule has 152 valence electrons. The molecule has 0 spiro atoms. The van der Waals surface area contributed by atoms with E-state index in [2.05, 4.69) is 62.4 Å². The van der Waals surface area contributed by atoms with E-state index in [4.69, 9.17) is 21.0 Å². The molecule has 0 unspecified atom stereocenters. The highest BCUT2D eigenvalue weighted by atomic mass is 35.5. The summed E-state index contributed by atoms with van der Waals surface area (Å²) in [7, 11) is 0.271. The first-order valence-corrected chi connectivity index (χ1v) is 13.1. The average Bonchev–Trinajstić information content (AvgIpc) is 3.16. The van der Waals surface area contributed by atoms with Gasteiger partial charge in [-0.05, 0) is 30.6 Å². The van der Waals surface area contributed by atoms with Gasteiger partial charge in [-0.25, -0.2) is 9.97 Å². The van der Waals surface area contributed by atoms with Crippen LogP contribution in [0.1, 0.15) is 45.9 Å². The lowest BCUT2D eigenvalue weighted by Gasteiger charge is -2.36. The van der Waals surface area contributed by atoms with Crippen LogP contribution in [0, 0.1) is 0 Å². The van der Waals surface area contributed by atoms with Crippen LogP contribution in [-0.2, 0) is 11.5 Å². The maximum Gasteiger partial charge on any atom is 0.191 e. The number of imidazole rings is 1. The van der Waals surface area contributed by atoms with Gasteiger partial charge in [0.05, 0.1) is 17.4 Å². The molecule has 0 amide bonds. The predicted molar refractivity (Wildman–Crippen MR) is 119 cm³/mol. The number of rotatable bonds is 6. The van der Waals surface area contributed by atoms with Gasteiger partial charge in [-0.15, -0.1) is 0 Å². The van der Waals surface area contributed by atoms with Crippen molar-refractivity contribution in [2.75, 3.05) is 6.61 Å². The maximum absolute atomic E-state index is 6.38. The van der Waals surface area contributed by atoms with Crippen LogP contribution < -0.4 is 0 Å². The minimum Gasteiger partial charge on any atom is -0.417 e. The summed E-state index contributed by atoms with van der Waals surface area (Å²) in [5.74, 6) is 1.24. The van der Waals surface area contributed by atoms with Crippen LogP contribution in [0.3, 0.4) is 0 Å². The Morgan fingerprint density at radius 2 is 1.96 bits per heavy atom. The lowest BCUT2D eigenvalue weighted by atomic mass is 10.1. The Morgan fingerprint density at radius 1 is 1.25 bits per heavy atom. The van der Waals surface area contributed by atoms with Crippen molar-refractivity contribution in [2.24, 2.45) is 7.05 Å². The fraction of sp³-hybridized carbons (Fsp3) is 0.524. The van der Waals surface area contributed by atoms with Crippen molar-refractivity contribution in [1.82, 2.24) is 18.9 Å². The van der Waals surface area contributed by atoms with Crippen molar-refractivity contribution in [3.63, 3.8) is 0 Å². The standard InChI is InChI=1S/C21H31ClN4OSi/c1-15(9-11-27-28(6,7)21(2,3)4)20-24-19(16-8-10-25(5)13-16)17-12-23-18(22)14-26(17)20/h8,10,12-15H,9,11H2,1-7H3/t15-/m0/s1. The molecule has 0 aliphatic carbocycles. The van der Waals surface area contributed by atoms with E-state index in [1.54, 1.807) is 6.20 Å². The summed E-state index contributed by atoms with van der Waals surface area (Å²) in [6.45, 7) is 14.3. The van der Waals surface area contributed by atoms with E-state index in [0.29, 0.717) is 5.15 Å². The largest absolute Gasteiger partial charge is 0.417 e. The van der Waals surface area contributed by atoms with Crippen molar-refractivity contribution in [2.45, 2.75) is 58.2 Å². The topological polar surface area (TPSA) is 44.3 Å². The molecule has 3 rings (SSSR count). The van der Waals surface area contributed by atoms with Crippen LogP contribution in [0.4, 0.5) is 0 Å². The number of hydrogen-bond acceptors (Lipinski definition) is 3. The highest BCUT2D eigenvalue weighted by Gasteiger charge is 2.37. The highest BCUT2D eigenvalue weighted by molar-refractivity contribution is 6.74. The second-order valence-electron chi connectivity index (χ2n) is 9.15. The van der Waals surface area contributed by atoms with Gasteiger partial charge in [-0.2, -0.15) is 0 Å². The second kappa shape index (κ2) is 7.65. The molecule has 1 atom stereocenters. The van der Waals surface area contributed by atoms with Gasteiger partial charge in [-0.1, -0.05) is 39.3 Å². The first kappa shape index (κ1) is 21.1. The molecule has 0 aliphatic heterocycles. The summed E-state index contributed by atoms with van der Waals surface area (Å²) in [6.07, 6.45) is 8.68. The average molecular weight is 419 g/mol.